The van der Waals surface area contributed by atoms with Gasteiger partial charge < -0.3 is 0 Å². The highest BCUT2D eigenvalue weighted by molar-refractivity contribution is 7.98. The Bertz CT molecular complexity index is 672. The summed E-state index contributed by atoms with van der Waals surface area (Å²) in [4.78, 5) is 2.43. The Kier molecular flexibility index (Phi) is 4.16. The fourth-order valence-corrected chi connectivity index (χ4v) is 4.86. The number of nitriles is 1. The molecule has 2 heterocycles. The molecule has 1 aliphatic rings. The highest BCUT2D eigenvalue weighted by atomic mass is 35.5. The van der Waals surface area contributed by atoms with Gasteiger partial charge in [0.15, 0.2) is 0 Å². The number of hydrogen-bond acceptors (Lipinski definition) is 3. The molecular weight excluding hydrogens is 306 g/mol. The van der Waals surface area contributed by atoms with Gasteiger partial charge in [0, 0.05) is 15.5 Å². The number of nitrogens with zero attached hydrogens (tertiary/aromatic N) is 1. The molecule has 0 saturated carbocycles. The third-order valence-corrected chi connectivity index (χ3v) is 6.00. The Balaban J connectivity index is 2.05. The normalized spacial score (nSPS) is 15.2. The van der Waals surface area contributed by atoms with E-state index in [1.807, 2.05) is 42.1 Å². The third kappa shape index (κ3) is 2.64. The number of rotatable bonds is 2. The van der Waals surface area contributed by atoms with Gasteiger partial charge in [-0.1, -0.05) is 41.9 Å². The maximum atomic E-state index is 9.42. The molecule has 1 aliphatic heterocycles. The van der Waals surface area contributed by atoms with Gasteiger partial charge >= 0.3 is 0 Å². The van der Waals surface area contributed by atoms with Crippen LogP contribution in [0.1, 0.15) is 20.9 Å². The minimum atomic E-state index is 0.554. The van der Waals surface area contributed by atoms with E-state index in [0.29, 0.717) is 10.6 Å². The standard InChI is InChI=1S/C16H12ClNS2/c17-16(13(9-18)11-4-2-1-3-5-11)15-8-12-10-19-7-6-14(12)20-15/h1-5,8H,6-7,10H2/b16-13-. The first-order valence-corrected chi connectivity index (χ1v) is 8.69. The molecule has 100 valence electrons. The fourth-order valence-electron chi connectivity index (χ4n) is 2.22. The predicted octanol–water partition coefficient (Wildman–Crippen LogP) is 5.17. The summed E-state index contributed by atoms with van der Waals surface area (Å²) in [6.07, 6.45) is 1.11. The molecule has 0 N–H and O–H groups in total. The summed E-state index contributed by atoms with van der Waals surface area (Å²) < 4.78 is 0. The summed E-state index contributed by atoms with van der Waals surface area (Å²) in [7, 11) is 0. The van der Waals surface area contributed by atoms with Gasteiger partial charge in [-0.25, -0.2) is 0 Å². The first-order chi connectivity index (χ1) is 9.79. The molecule has 0 radical (unpaired) electrons. The maximum absolute atomic E-state index is 9.42. The van der Waals surface area contributed by atoms with E-state index in [-0.39, 0.29) is 0 Å². The highest BCUT2D eigenvalue weighted by Crippen LogP contribution is 2.38. The van der Waals surface area contributed by atoms with E-state index in [9.17, 15) is 5.26 Å². The minimum Gasteiger partial charge on any atom is -0.192 e. The van der Waals surface area contributed by atoms with Crippen molar-refractivity contribution < 1.29 is 0 Å². The van der Waals surface area contributed by atoms with Gasteiger partial charge in [0.05, 0.1) is 10.6 Å². The molecule has 0 spiro atoms. The Hall–Kier alpha value is -1.21. The zero-order valence-electron chi connectivity index (χ0n) is 10.7. The lowest BCUT2D eigenvalue weighted by atomic mass is 10.1. The van der Waals surface area contributed by atoms with Crippen LogP contribution in [0.15, 0.2) is 36.4 Å². The number of hydrogen-bond donors (Lipinski definition) is 0. The molecule has 0 amide bonds. The van der Waals surface area contributed by atoms with Gasteiger partial charge in [-0.05, 0) is 29.4 Å². The molecular formula is C16H12ClNS2. The predicted molar refractivity (Wildman–Crippen MR) is 88.9 cm³/mol. The minimum absolute atomic E-state index is 0.554. The second kappa shape index (κ2) is 6.05. The first-order valence-electron chi connectivity index (χ1n) is 6.34. The number of thiophene rings is 1. The smallest absolute Gasteiger partial charge is 0.101 e. The van der Waals surface area contributed by atoms with Gasteiger partial charge in [-0.2, -0.15) is 17.0 Å². The lowest BCUT2D eigenvalue weighted by Gasteiger charge is -2.08. The van der Waals surface area contributed by atoms with Crippen molar-refractivity contribution in [3.8, 4) is 6.07 Å². The third-order valence-electron chi connectivity index (χ3n) is 3.24. The number of allylic oxidation sites excluding steroid dienone is 1. The Morgan fingerprint density at radius 1 is 1.25 bits per heavy atom. The van der Waals surface area contributed by atoms with Crippen molar-refractivity contribution in [2.45, 2.75) is 12.2 Å². The second-order valence-corrected chi connectivity index (χ2v) is 7.15. The number of fused-ring (bicyclic) bond motifs is 1. The highest BCUT2D eigenvalue weighted by Gasteiger charge is 2.17. The van der Waals surface area contributed by atoms with E-state index < -0.39 is 0 Å². The quantitative estimate of drug-likeness (QED) is 0.714. The van der Waals surface area contributed by atoms with Crippen LogP contribution in [-0.4, -0.2) is 5.75 Å². The molecule has 0 fully saturated rings. The molecule has 0 unspecified atom stereocenters. The average molecular weight is 318 g/mol. The van der Waals surface area contributed by atoms with Crippen molar-refractivity contribution in [1.29, 1.82) is 5.26 Å². The van der Waals surface area contributed by atoms with E-state index in [1.165, 1.54) is 16.2 Å². The first kappa shape index (κ1) is 13.8. The summed E-state index contributed by atoms with van der Waals surface area (Å²) in [5.74, 6) is 2.24. The molecule has 0 atom stereocenters. The van der Waals surface area contributed by atoms with Crippen LogP contribution in [0.3, 0.4) is 0 Å². The summed E-state index contributed by atoms with van der Waals surface area (Å²) >= 11 is 10.2. The number of thioether (sulfide) groups is 1. The molecule has 1 nitrogen and oxygen atoms in total. The molecule has 1 aromatic heterocycles. The molecule has 1 aromatic carbocycles. The Labute approximate surface area is 131 Å². The topological polar surface area (TPSA) is 23.8 Å². The largest absolute Gasteiger partial charge is 0.192 e. The zero-order valence-corrected chi connectivity index (χ0v) is 13.1. The van der Waals surface area contributed by atoms with E-state index in [1.54, 1.807) is 11.3 Å². The van der Waals surface area contributed by atoms with Gasteiger partial charge in [0.25, 0.3) is 0 Å². The van der Waals surface area contributed by atoms with Gasteiger partial charge in [-0.3, -0.25) is 0 Å². The van der Waals surface area contributed by atoms with Crippen molar-refractivity contribution in [1.82, 2.24) is 0 Å². The molecule has 2 aromatic rings. The Morgan fingerprint density at radius 3 is 2.75 bits per heavy atom. The number of aryl methyl sites for hydroxylation is 1. The van der Waals surface area contributed by atoms with Crippen LogP contribution < -0.4 is 0 Å². The summed E-state index contributed by atoms with van der Waals surface area (Å²) in [6.45, 7) is 0. The fraction of sp³-hybridized carbons (Fsp3) is 0.188. The lowest BCUT2D eigenvalue weighted by Crippen LogP contribution is -1.96. The van der Waals surface area contributed by atoms with Gasteiger partial charge in [0.1, 0.15) is 6.07 Å². The van der Waals surface area contributed by atoms with Crippen LogP contribution in [0.5, 0.6) is 0 Å². The van der Waals surface area contributed by atoms with Crippen molar-refractivity contribution in [3.63, 3.8) is 0 Å². The van der Waals surface area contributed by atoms with Crippen LogP contribution in [-0.2, 0) is 12.2 Å². The molecule has 0 bridgehead atoms. The number of halogens is 1. The number of benzene rings is 1. The average Bonchev–Trinajstić information content (AvgIpc) is 2.93. The van der Waals surface area contributed by atoms with Crippen molar-refractivity contribution >= 4 is 45.3 Å². The summed E-state index contributed by atoms with van der Waals surface area (Å²) in [5, 5.41) is 9.99. The van der Waals surface area contributed by atoms with Crippen LogP contribution >= 0.6 is 34.7 Å². The van der Waals surface area contributed by atoms with Crippen molar-refractivity contribution in [2.75, 3.05) is 5.75 Å². The Morgan fingerprint density at radius 2 is 2.05 bits per heavy atom. The van der Waals surface area contributed by atoms with Gasteiger partial charge in [-0.15, -0.1) is 11.3 Å². The van der Waals surface area contributed by atoms with E-state index >= 15 is 0 Å². The lowest BCUT2D eigenvalue weighted by molar-refractivity contribution is 1.13. The molecule has 4 heteroatoms. The zero-order chi connectivity index (χ0) is 13.9. The molecule has 3 rings (SSSR count). The van der Waals surface area contributed by atoms with Crippen LogP contribution in [0.2, 0.25) is 0 Å². The summed E-state index contributed by atoms with van der Waals surface area (Å²) in [5.41, 5.74) is 2.81. The maximum Gasteiger partial charge on any atom is 0.101 e. The van der Waals surface area contributed by atoms with E-state index in [2.05, 4.69) is 12.1 Å². The second-order valence-electron chi connectivity index (χ2n) is 4.53. The monoisotopic (exact) mass is 317 g/mol. The van der Waals surface area contributed by atoms with E-state index in [4.69, 9.17) is 11.6 Å². The molecule has 20 heavy (non-hydrogen) atoms. The molecule has 0 aliphatic carbocycles. The van der Waals surface area contributed by atoms with Crippen LogP contribution in [0, 0.1) is 11.3 Å². The van der Waals surface area contributed by atoms with Crippen molar-refractivity contribution in [2.24, 2.45) is 0 Å². The SMILES string of the molecule is N#C/C(=C(/Cl)c1cc2c(s1)CCSC2)c1ccccc1. The van der Waals surface area contributed by atoms with Crippen LogP contribution in [0.25, 0.3) is 10.6 Å². The summed E-state index contributed by atoms with van der Waals surface area (Å²) in [6, 6.07) is 14.0. The van der Waals surface area contributed by atoms with Crippen LogP contribution in [0.4, 0.5) is 0 Å². The van der Waals surface area contributed by atoms with Crippen molar-refractivity contribution in [3.05, 3.63) is 57.3 Å². The molecule has 0 saturated heterocycles. The van der Waals surface area contributed by atoms with Gasteiger partial charge in [0.2, 0.25) is 0 Å². The van der Waals surface area contributed by atoms with E-state index in [0.717, 1.165) is 22.6 Å².